The Balaban J connectivity index is 1.52. The largest absolute Gasteiger partial charge is 0.323 e. The first-order valence-electron chi connectivity index (χ1n) is 8.53. The topological polar surface area (TPSA) is 64.7 Å². The molecule has 25 heavy (non-hydrogen) atoms. The van der Waals surface area contributed by atoms with E-state index in [0.717, 1.165) is 23.5 Å². The third-order valence-corrected chi connectivity index (χ3v) is 4.10. The van der Waals surface area contributed by atoms with E-state index in [9.17, 15) is 4.79 Å². The van der Waals surface area contributed by atoms with Crippen molar-refractivity contribution in [2.24, 2.45) is 0 Å². The summed E-state index contributed by atoms with van der Waals surface area (Å²) >= 11 is 0. The highest BCUT2D eigenvalue weighted by atomic mass is 16.1. The van der Waals surface area contributed by atoms with Crippen molar-refractivity contribution in [2.45, 2.75) is 39.8 Å². The van der Waals surface area contributed by atoms with Crippen molar-refractivity contribution in [3.05, 3.63) is 65.7 Å². The van der Waals surface area contributed by atoms with E-state index in [1.165, 1.54) is 5.56 Å². The molecule has 130 valence electrons. The number of nitrogens with zero attached hydrogens (tertiary/aromatic N) is 4. The molecule has 3 aromatic rings. The fraction of sp³-hybridized carbons (Fsp3) is 0.316. The Morgan fingerprint density at radius 1 is 1.16 bits per heavy atom. The fourth-order valence-corrected chi connectivity index (χ4v) is 2.72. The summed E-state index contributed by atoms with van der Waals surface area (Å²) in [6.07, 6.45) is 6.67. The molecule has 0 aliphatic heterocycles. The molecule has 2 aromatic heterocycles. The predicted molar refractivity (Wildman–Crippen MR) is 97.4 cm³/mol. The molecule has 6 heteroatoms. The van der Waals surface area contributed by atoms with Crippen LogP contribution >= 0.6 is 0 Å². The molecule has 0 aliphatic carbocycles. The first-order chi connectivity index (χ1) is 12.1. The first-order valence-corrected chi connectivity index (χ1v) is 8.53. The summed E-state index contributed by atoms with van der Waals surface area (Å²) in [5.74, 6) is -0.0112. The van der Waals surface area contributed by atoms with Crippen molar-refractivity contribution in [2.75, 3.05) is 5.32 Å². The minimum absolute atomic E-state index is 0.0112. The molecular formula is C19H23N5O. The van der Waals surface area contributed by atoms with Gasteiger partial charge in [0.25, 0.3) is 0 Å². The maximum Gasteiger partial charge on any atom is 0.224 e. The van der Waals surface area contributed by atoms with Crippen LogP contribution in [0.25, 0.3) is 0 Å². The molecule has 0 bridgehead atoms. The standard InChI is InChI=1S/C19H23N5O/c1-3-23-13-17(15(2)22-23)9-10-19(25)21-18-11-20-24(14-18)12-16-7-5-4-6-8-16/h4-8,11,13-14H,3,9-10,12H2,1-2H3,(H,21,25). The Labute approximate surface area is 147 Å². The lowest BCUT2D eigenvalue weighted by Crippen LogP contribution is -2.12. The number of nitrogens with one attached hydrogen (secondary N) is 1. The molecule has 1 amide bonds. The van der Waals surface area contributed by atoms with Crippen LogP contribution in [0.4, 0.5) is 5.69 Å². The number of aromatic nitrogens is 4. The number of hydrogen-bond donors (Lipinski definition) is 1. The maximum atomic E-state index is 12.2. The highest BCUT2D eigenvalue weighted by molar-refractivity contribution is 5.90. The number of hydrogen-bond acceptors (Lipinski definition) is 3. The quantitative estimate of drug-likeness (QED) is 0.721. The van der Waals surface area contributed by atoms with Crippen molar-refractivity contribution in [1.82, 2.24) is 19.6 Å². The summed E-state index contributed by atoms with van der Waals surface area (Å²) in [4.78, 5) is 12.2. The zero-order chi connectivity index (χ0) is 17.6. The van der Waals surface area contributed by atoms with Gasteiger partial charge in [0.15, 0.2) is 0 Å². The van der Waals surface area contributed by atoms with Gasteiger partial charge in [0.05, 0.1) is 24.1 Å². The normalized spacial score (nSPS) is 10.8. The van der Waals surface area contributed by atoms with Gasteiger partial charge < -0.3 is 5.32 Å². The third kappa shape index (κ3) is 4.56. The van der Waals surface area contributed by atoms with Gasteiger partial charge in [-0.25, -0.2) is 0 Å². The smallest absolute Gasteiger partial charge is 0.224 e. The predicted octanol–water partition coefficient (Wildman–Crippen LogP) is 3.03. The number of aryl methyl sites for hydroxylation is 3. The summed E-state index contributed by atoms with van der Waals surface area (Å²) in [5.41, 5.74) is 4.01. The van der Waals surface area contributed by atoms with Gasteiger partial charge in [-0.1, -0.05) is 30.3 Å². The van der Waals surface area contributed by atoms with Crippen LogP contribution in [-0.2, 0) is 24.3 Å². The molecular weight excluding hydrogens is 314 g/mol. The van der Waals surface area contributed by atoms with Crippen LogP contribution in [0.5, 0.6) is 0 Å². The molecule has 0 aliphatic rings. The second-order valence-electron chi connectivity index (χ2n) is 6.06. The van der Waals surface area contributed by atoms with Crippen LogP contribution in [0.2, 0.25) is 0 Å². The van der Waals surface area contributed by atoms with E-state index in [-0.39, 0.29) is 5.91 Å². The molecule has 1 aromatic carbocycles. The lowest BCUT2D eigenvalue weighted by atomic mass is 10.1. The molecule has 0 radical (unpaired) electrons. The highest BCUT2D eigenvalue weighted by Crippen LogP contribution is 2.11. The number of carbonyl (C=O) groups is 1. The molecule has 0 spiro atoms. The van der Waals surface area contributed by atoms with E-state index < -0.39 is 0 Å². The molecule has 0 saturated carbocycles. The van der Waals surface area contributed by atoms with Gasteiger partial charge in [0.2, 0.25) is 5.91 Å². The number of anilines is 1. The second kappa shape index (κ2) is 7.79. The molecule has 0 atom stereocenters. The van der Waals surface area contributed by atoms with Gasteiger partial charge in [-0.2, -0.15) is 10.2 Å². The average Bonchev–Trinajstić information content (AvgIpc) is 3.20. The second-order valence-corrected chi connectivity index (χ2v) is 6.06. The minimum Gasteiger partial charge on any atom is -0.323 e. The van der Waals surface area contributed by atoms with Crippen molar-refractivity contribution in [3.8, 4) is 0 Å². The van der Waals surface area contributed by atoms with Crippen molar-refractivity contribution in [1.29, 1.82) is 0 Å². The Kier molecular flexibility index (Phi) is 5.28. The van der Waals surface area contributed by atoms with E-state index in [2.05, 4.69) is 34.6 Å². The van der Waals surface area contributed by atoms with E-state index >= 15 is 0 Å². The summed E-state index contributed by atoms with van der Waals surface area (Å²) in [5, 5.41) is 11.6. The summed E-state index contributed by atoms with van der Waals surface area (Å²) in [6, 6.07) is 10.1. The Bertz CT molecular complexity index is 835. The number of carbonyl (C=O) groups excluding carboxylic acids is 1. The number of amides is 1. The monoisotopic (exact) mass is 337 g/mol. The van der Waals surface area contributed by atoms with Crippen molar-refractivity contribution < 1.29 is 4.79 Å². The Morgan fingerprint density at radius 3 is 2.68 bits per heavy atom. The van der Waals surface area contributed by atoms with E-state index in [1.54, 1.807) is 6.20 Å². The third-order valence-electron chi connectivity index (χ3n) is 4.10. The minimum atomic E-state index is -0.0112. The zero-order valence-electron chi connectivity index (χ0n) is 14.6. The van der Waals surface area contributed by atoms with Crippen molar-refractivity contribution >= 4 is 11.6 Å². The SMILES string of the molecule is CCn1cc(CCC(=O)Nc2cnn(Cc3ccccc3)c2)c(C)n1. The maximum absolute atomic E-state index is 12.2. The van der Waals surface area contributed by atoms with Gasteiger partial charge in [0.1, 0.15) is 0 Å². The van der Waals surface area contributed by atoms with E-state index in [1.807, 2.05) is 46.9 Å². The van der Waals surface area contributed by atoms with Crippen LogP contribution in [-0.4, -0.2) is 25.5 Å². The lowest BCUT2D eigenvalue weighted by Gasteiger charge is -2.03. The fourth-order valence-electron chi connectivity index (χ4n) is 2.72. The Morgan fingerprint density at radius 2 is 1.96 bits per heavy atom. The molecule has 6 nitrogen and oxygen atoms in total. The van der Waals surface area contributed by atoms with Gasteiger partial charge in [-0.15, -0.1) is 0 Å². The molecule has 2 heterocycles. The molecule has 3 rings (SSSR count). The van der Waals surface area contributed by atoms with E-state index in [0.29, 0.717) is 19.4 Å². The number of rotatable bonds is 7. The van der Waals surface area contributed by atoms with Gasteiger partial charge in [-0.3, -0.25) is 14.2 Å². The van der Waals surface area contributed by atoms with E-state index in [4.69, 9.17) is 0 Å². The van der Waals surface area contributed by atoms with Gasteiger partial charge in [-0.05, 0) is 31.4 Å². The summed E-state index contributed by atoms with van der Waals surface area (Å²) in [7, 11) is 0. The van der Waals surface area contributed by atoms with Crippen LogP contribution in [0.1, 0.15) is 30.2 Å². The van der Waals surface area contributed by atoms with Gasteiger partial charge >= 0.3 is 0 Å². The molecule has 0 saturated heterocycles. The van der Waals surface area contributed by atoms with Crippen LogP contribution in [0.3, 0.4) is 0 Å². The van der Waals surface area contributed by atoms with Gasteiger partial charge in [0, 0.05) is 25.4 Å². The highest BCUT2D eigenvalue weighted by Gasteiger charge is 2.09. The number of benzene rings is 1. The summed E-state index contributed by atoms with van der Waals surface area (Å²) in [6.45, 7) is 5.56. The Hall–Kier alpha value is -2.89. The lowest BCUT2D eigenvalue weighted by molar-refractivity contribution is -0.116. The summed E-state index contributed by atoms with van der Waals surface area (Å²) < 4.78 is 3.72. The molecule has 0 fully saturated rings. The van der Waals surface area contributed by atoms with Crippen LogP contribution in [0, 0.1) is 6.92 Å². The van der Waals surface area contributed by atoms with Crippen molar-refractivity contribution in [3.63, 3.8) is 0 Å². The first kappa shape index (κ1) is 17.0. The zero-order valence-corrected chi connectivity index (χ0v) is 14.6. The molecule has 1 N–H and O–H groups in total. The molecule has 0 unspecified atom stereocenters. The average molecular weight is 337 g/mol. The van der Waals surface area contributed by atoms with Crippen LogP contribution in [0.15, 0.2) is 48.9 Å². The van der Waals surface area contributed by atoms with Crippen LogP contribution < -0.4 is 5.32 Å².